The van der Waals surface area contributed by atoms with Crippen molar-refractivity contribution in [2.45, 2.75) is 33.6 Å². The van der Waals surface area contributed by atoms with Gasteiger partial charge >= 0.3 is 0 Å². The summed E-state index contributed by atoms with van der Waals surface area (Å²) in [6.45, 7) is 6.45. The number of rotatable bonds is 5. The lowest BCUT2D eigenvalue weighted by atomic mass is 9.81. The van der Waals surface area contributed by atoms with E-state index in [0.717, 1.165) is 22.1 Å². The zero-order valence-corrected chi connectivity index (χ0v) is 13.4. The number of nitrogens with one attached hydrogen (secondary N) is 1. The number of nitrogens with two attached hydrogens (primary N) is 1. The highest BCUT2D eigenvalue weighted by Gasteiger charge is 2.33. The number of carbonyl (C=O) groups excluding carboxylic acids is 1. The molecule has 1 aromatic carbocycles. The Morgan fingerprint density at radius 3 is 2.44 bits per heavy atom. The summed E-state index contributed by atoms with van der Waals surface area (Å²) in [6.07, 6.45) is 1.52. The molecule has 100 valence electrons. The van der Waals surface area contributed by atoms with Crippen LogP contribution in [0.5, 0.6) is 0 Å². The van der Waals surface area contributed by atoms with Gasteiger partial charge in [-0.15, -0.1) is 0 Å². The summed E-state index contributed by atoms with van der Waals surface area (Å²) >= 11 is 2.27. The van der Waals surface area contributed by atoms with Crippen molar-refractivity contribution in [2.75, 3.05) is 11.9 Å². The fourth-order valence-electron chi connectivity index (χ4n) is 1.89. The zero-order valence-electron chi connectivity index (χ0n) is 11.2. The van der Waals surface area contributed by atoms with Crippen molar-refractivity contribution in [3.05, 3.63) is 27.3 Å². The minimum absolute atomic E-state index is 0.0228. The molecule has 0 radical (unpaired) electrons. The highest BCUT2D eigenvalue weighted by Crippen LogP contribution is 2.27. The second-order valence-electron chi connectivity index (χ2n) is 4.61. The Morgan fingerprint density at radius 2 is 2.00 bits per heavy atom. The number of hydrogen-bond donors (Lipinski definition) is 2. The number of carbonyl (C=O) groups is 1. The van der Waals surface area contributed by atoms with E-state index in [2.05, 4.69) is 34.8 Å². The van der Waals surface area contributed by atoms with E-state index >= 15 is 0 Å². The first kappa shape index (κ1) is 15.4. The van der Waals surface area contributed by atoms with Gasteiger partial charge < -0.3 is 11.1 Å². The van der Waals surface area contributed by atoms with E-state index in [1.54, 1.807) is 0 Å². The molecule has 0 heterocycles. The Hall–Kier alpha value is -0.620. The molecule has 0 unspecified atom stereocenters. The molecule has 18 heavy (non-hydrogen) atoms. The van der Waals surface area contributed by atoms with Crippen LogP contribution < -0.4 is 11.1 Å². The molecule has 1 aromatic rings. The first-order valence-corrected chi connectivity index (χ1v) is 7.34. The Labute approximate surface area is 123 Å². The van der Waals surface area contributed by atoms with Crippen LogP contribution in [0.1, 0.15) is 32.3 Å². The van der Waals surface area contributed by atoms with Crippen molar-refractivity contribution in [1.29, 1.82) is 0 Å². The fourth-order valence-corrected chi connectivity index (χ4v) is 2.40. The molecular weight excluding hydrogens is 339 g/mol. The number of benzene rings is 1. The van der Waals surface area contributed by atoms with Crippen molar-refractivity contribution in [1.82, 2.24) is 0 Å². The number of aryl methyl sites for hydroxylation is 1. The summed E-state index contributed by atoms with van der Waals surface area (Å²) in [6, 6.07) is 5.93. The third-order valence-corrected chi connectivity index (χ3v) is 4.82. The number of amides is 1. The van der Waals surface area contributed by atoms with Crippen molar-refractivity contribution in [3.63, 3.8) is 0 Å². The lowest BCUT2D eigenvalue weighted by Crippen LogP contribution is -2.41. The summed E-state index contributed by atoms with van der Waals surface area (Å²) in [7, 11) is 0. The van der Waals surface area contributed by atoms with Crippen LogP contribution in [-0.4, -0.2) is 12.5 Å². The highest BCUT2D eigenvalue weighted by molar-refractivity contribution is 14.1. The summed E-state index contributed by atoms with van der Waals surface area (Å²) in [5, 5.41) is 2.98. The minimum atomic E-state index is -0.448. The number of anilines is 1. The predicted octanol–water partition coefficient (Wildman–Crippen LogP) is 3.30. The van der Waals surface area contributed by atoms with E-state index in [4.69, 9.17) is 5.73 Å². The average Bonchev–Trinajstić information content (AvgIpc) is 2.37. The summed E-state index contributed by atoms with van der Waals surface area (Å²) in [4.78, 5) is 12.3. The molecule has 0 atom stereocenters. The quantitative estimate of drug-likeness (QED) is 0.792. The summed E-state index contributed by atoms with van der Waals surface area (Å²) in [5.74, 6) is 0.0228. The van der Waals surface area contributed by atoms with E-state index in [-0.39, 0.29) is 5.91 Å². The van der Waals surface area contributed by atoms with Gasteiger partial charge in [0.2, 0.25) is 5.91 Å². The molecule has 0 aliphatic heterocycles. The first-order chi connectivity index (χ1) is 8.49. The number of hydrogen-bond acceptors (Lipinski definition) is 2. The molecule has 0 aliphatic rings. The van der Waals surface area contributed by atoms with Gasteiger partial charge in [0.25, 0.3) is 0 Å². The van der Waals surface area contributed by atoms with E-state index < -0.39 is 5.41 Å². The molecule has 4 heteroatoms. The van der Waals surface area contributed by atoms with E-state index in [0.29, 0.717) is 6.54 Å². The predicted molar refractivity (Wildman–Crippen MR) is 84.6 cm³/mol. The second-order valence-corrected chi connectivity index (χ2v) is 5.77. The maximum absolute atomic E-state index is 12.3. The SMILES string of the molecule is CCC(CC)(CN)C(=O)Nc1ccc(C)c(I)c1. The topological polar surface area (TPSA) is 55.1 Å². The fraction of sp³-hybridized carbons (Fsp3) is 0.500. The largest absolute Gasteiger partial charge is 0.329 e. The summed E-state index contributed by atoms with van der Waals surface area (Å²) < 4.78 is 1.15. The van der Waals surface area contributed by atoms with Gasteiger partial charge in [0, 0.05) is 15.8 Å². The average molecular weight is 360 g/mol. The first-order valence-electron chi connectivity index (χ1n) is 6.26. The van der Waals surface area contributed by atoms with Gasteiger partial charge in [0.05, 0.1) is 5.41 Å². The smallest absolute Gasteiger partial charge is 0.231 e. The van der Waals surface area contributed by atoms with Crippen molar-refractivity contribution < 1.29 is 4.79 Å². The van der Waals surface area contributed by atoms with Crippen LogP contribution in [-0.2, 0) is 4.79 Å². The van der Waals surface area contributed by atoms with Gasteiger partial charge in [-0.2, -0.15) is 0 Å². The van der Waals surface area contributed by atoms with Crippen LogP contribution in [0, 0.1) is 15.9 Å². The molecule has 0 aromatic heterocycles. The van der Waals surface area contributed by atoms with Gasteiger partial charge in [0.1, 0.15) is 0 Å². The lowest BCUT2D eigenvalue weighted by Gasteiger charge is -2.28. The molecule has 0 spiro atoms. The Balaban J connectivity index is 2.89. The van der Waals surface area contributed by atoms with Crippen molar-refractivity contribution >= 4 is 34.2 Å². The van der Waals surface area contributed by atoms with E-state index in [1.165, 1.54) is 5.56 Å². The molecule has 0 saturated carbocycles. The number of halogens is 1. The molecular formula is C14H21IN2O. The molecule has 3 nitrogen and oxygen atoms in total. The Kier molecular flexibility index (Phi) is 5.59. The van der Waals surface area contributed by atoms with E-state index in [9.17, 15) is 4.79 Å². The standard InChI is InChI=1S/C14H21IN2O/c1-4-14(5-2,9-16)13(18)17-11-7-6-10(3)12(15)8-11/h6-8H,4-5,9,16H2,1-3H3,(H,17,18). The van der Waals surface area contributed by atoms with Gasteiger partial charge in [-0.3, -0.25) is 4.79 Å². The second kappa shape index (κ2) is 6.52. The van der Waals surface area contributed by atoms with Crippen molar-refractivity contribution in [2.24, 2.45) is 11.1 Å². The highest BCUT2D eigenvalue weighted by atomic mass is 127. The molecule has 0 bridgehead atoms. The maximum atomic E-state index is 12.3. The third kappa shape index (κ3) is 3.23. The maximum Gasteiger partial charge on any atom is 0.231 e. The van der Waals surface area contributed by atoms with Crippen LogP contribution in [0.25, 0.3) is 0 Å². The minimum Gasteiger partial charge on any atom is -0.329 e. The zero-order chi connectivity index (χ0) is 13.8. The Bertz CT molecular complexity index is 420. The van der Waals surface area contributed by atoms with Gasteiger partial charge in [-0.25, -0.2) is 0 Å². The third-order valence-electron chi connectivity index (χ3n) is 3.66. The molecule has 1 amide bonds. The van der Waals surface area contributed by atoms with Crippen LogP contribution in [0.15, 0.2) is 18.2 Å². The van der Waals surface area contributed by atoms with Crippen LogP contribution in [0.4, 0.5) is 5.69 Å². The molecule has 0 aliphatic carbocycles. The summed E-state index contributed by atoms with van der Waals surface area (Å²) in [5.41, 5.74) is 7.38. The van der Waals surface area contributed by atoms with Gasteiger partial charge in [-0.05, 0) is 60.1 Å². The van der Waals surface area contributed by atoms with Gasteiger partial charge in [0.15, 0.2) is 0 Å². The van der Waals surface area contributed by atoms with Crippen LogP contribution in [0.2, 0.25) is 0 Å². The molecule has 0 fully saturated rings. The van der Waals surface area contributed by atoms with E-state index in [1.807, 2.05) is 32.0 Å². The molecule has 3 N–H and O–H groups in total. The normalized spacial score (nSPS) is 11.4. The van der Waals surface area contributed by atoms with Crippen molar-refractivity contribution in [3.8, 4) is 0 Å². The van der Waals surface area contributed by atoms with Crippen LogP contribution >= 0.6 is 22.6 Å². The Morgan fingerprint density at radius 1 is 1.39 bits per heavy atom. The van der Waals surface area contributed by atoms with Crippen LogP contribution in [0.3, 0.4) is 0 Å². The monoisotopic (exact) mass is 360 g/mol. The lowest BCUT2D eigenvalue weighted by molar-refractivity contribution is -0.125. The molecule has 1 rings (SSSR count). The van der Waals surface area contributed by atoms with Gasteiger partial charge in [-0.1, -0.05) is 19.9 Å². The molecule has 0 saturated heterocycles.